The zero-order chi connectivity index (χ0) is 23.3. The highest BCUT2D eigenvalue weighted by Gasteiger charge is 2.19. The molecule has 5 aromatic rings. The molecule has 0 radical (unpaired) electrons. The fraction of sp³-hybridized carbons (Fsp3) is 0.214. The van der Waals surface area contributed by atoms with Gasteiger partial charge in [0.15, 0.2) is 0 Å². The molecule has 0 aliphatic rings. The monoisotopic (exact) mass is 436 g/mol. The van der Waals surface area contributed by atoms with Crippen molar-refractivity contribution in [1.29, 1.82) is 0 Å². The molecule has 1 N–H and O–H groups in total. The largest absolute Gasteiger partial charge is 0.351 e. The lowest BCUT2D eigenvalue weighted by atomic mass is 9.94. The maximum absolute atomic E-state index is 13.5. The summed E-state index contributed by atoms with van der Waals surface area (Å²) >= 11 is 0. The predicted octanol–water partition coefficient (Wildman–Crippen LogP) is 5.63. The molecule has 0 fully saturated rings. The van der Waals surface area contributed by atoms with Gasteiger partial charge in [0.05, 0.1) is 5.39 Å². The van der Waals surface area contributed by atoms with E-state index in [-0.39, 0.29) is 5.56 Å². The molecule has 166 valence electrons. The van der Waals surface area contributed by atoms with Gasteiger partial charge >= 0.3 is 0 Å². The first-order chi connectivity index (χ1) is 15.8. The van der Waals surface area contributed by atoms with Crippen molar-refractivity contribution in [3.8, 4) is 11.1 Å². The molecule has 0 bridgehead atoms. The molecular weight excluding hydrogens is 408 g/mol. The predicted molar refractivity (Wildman–Crippen MR) is 137 cm³/mol. The molecule has 0 spiro atoms. The van der Waals surface area contributed by atoms with Crippen molar-refractivity contribution in [3.05, 3.63) is 93.4 Å². The molecule has 0 saturated carbocycles. The topological polar surface area (TPSA) is 51.9 Å². The molecule has 0 amide bonds. The van der Waals surface area contributed by atoms with Crippen LogP contribution in [0.25, 0.3) is 32.9 Å². The summed E-state index contributed by atoms with van der Waals surface area (Å²) in [5.74, 6) is 0.561. The molecule has 33 heavy (non-hydrogen) atoms. The van der Waals surface area contributed by atoms with E-state index in [0.717, 1.165) is 16.7 Å². The summed E-state index contributed by atoms with van der Waals surface area (Å²) in [6.07, 6.45) is 2.02. The third-order valence-electron chi connectivity index (χ3n) is 6.41. The molecule has 0 aliphatic carbocycles. The number of benzene rings is 3. The third-order valence-corrected chi connectivity index (χ3v) is 6.41. The highest BCUT2D eigenvalue weighted by Crippen LogP contribution is 2.33. The summed E-state index contributed by atoms with van der Waals surface area (Å²) in [6, 6.07) is 19.0. The first-order valence-electron chi connectivity index (χ1n) is 11.2. The van der Waals surface area contributed by atoms with Gasteiger partial charge in [-0.1, -0.05) is 54.1 Å². The van der Waals surface area contributed by atoms with E-state index in [1.54, 1.807) is 11.6 Å². The first-order valence-corrected chi connectivity index (χ1v) is 11.2. The summed E-state index contributed by atoms with van der Waals surface area (Å²) in [4.78, 5) is 18.4. The molecule has 2 aromatic heterocycles. The number of anilines is 1. The Morgan fingerprint density at radius 1 is 0.909 bits per heavy atom. The van der Waals surface area contributed by atoms with Crippen LogP contribution >= 0.6 is 0 Å². The Morgan fingerprint density at radius 2 is 1.61 bits per heavy atom. The summed E-state index contributed by atoms with van der Waals surface area (Å²) in [6.45, 7) is 6.89. The van der Waals surface area contributed by atoms with Crippen molar-refractivity contribution >= 4 is 27.8 Å². The van der Waals surface area contributed by atoms with Gasteiger partial charge in [-0.05, 0) is 59.9 Å². The maximum atomic E-state index is 13.5. The summed E-state index contributed by atoms with van der Waals surface area (Å²) in [5, 5.41) is 6.44. The minimum Gasteiger partial charge on any atom is -0.351 e. The lowest BCUT2D eigenvalue weighted by Crippen LogP contribution is -2.22. The van der Waals surface area contributed by atoms with E-state index in [0.29, 0.717) is 23.5 Å². The Labute approximate surface area is 193 Å². The van der Waals surface area contributed by atoms with Gasteiger partial charge in [0.2, 0.25) is 5.95 Å². The molecule has 5 heteroatoms. The average molecular weight is 437 g/mol. The molecule has 5 rings (SSSR count). The van der Waals surface area contributed by atoms with Gasteiger partial charge in [-0.15, -0.1) is 0 Å². The molecular formula is C28H28N4O. The maximum Gasteiger partial charge on any atom is 0.264 e. The summed E-state index contributed by atoms with van der Waals surface area (Å²) in [5.41, 5.74) is 7.39. The fourth-order valence-corrected chi connectivity index (χ4v) is 4.88. The second-order valence-corrected chi connectivity index (χ2v) is 8.96. The van der Waals surface area contributed by atoms with Gasteiger partial charge in [0.25, 0.3) is 5.56 Å². The van der Waals surface area contributed by atoms with E-state index >= 15 is 0 Å². The van der Waals surface area contributed by atoms with Crippen LogP contribution in [0.5, 0.6) is 0 Å². The van der Waals surface area contributed by atoms with Crippen LogP contribution in [-0.4, -0.2) is 14.1 Å². The van der Waals surface area contributed by atoms with E-state index in [9.17, 15) is 4.79 Å². The lowest BCUT2D eigenvalue weighted by molar-refractivity contribution is 0.828. The van der Waals surface area contributed by atoms with Crippen molar-refractivity contribution in [2.24, 2.45) is 14.1 Å². The van der Waals surface area contributed by atoms with Crippen molar-refractivity contribution in [2.75, 3.05) is 5.32 Å². The van der Waals surface area contributed by atoms with Crippen LogP contribution in [0.2, 0.25) is 0 Å². The Morgan fingerprint density at radius 3 is 2.33 bits per heavy atom. The van der Waals surface area contributed by atoms with E-state index in [2.05, 4.69) is 68.6 Å². The lowest BCUT2D eigenvalue weighted by Gasteiger charge is -2.13. The van der Waals surface area contributed by atoms with E-state index < -0.39 is 0 Å². The Bertz CT molecular complexity index is 1570. The van der Waals surface area contributed by atoms with Crippen LogP contribution in [0, 0.1) is 20.8 Å². The first kappa shape index (κ1) is 21.0. The Kier molecular flexibility index (Phi) is 5.05. The van der Waals surface area contributed by atoms with Gasteiger partial charge in [-0.2, -0.15) is 4.98 Å². The molecule has 5 nitrogen and oxygen atoms in total. The molecule has 0 saturated heterocycles. The van der Waals surface area contributed by atoms with Gasteiger partial charge in [0.1, 0.15) is 5.65 Å². The minimum absolute atomic E-state index is 0.0454. The van der Waals surface area contributed by atoms with Gasteiger partial charge in [-0.25, -0.2) is 0 Å². The second kappa shape index (κ2) is 7.93. The molecule has 0 unspecified atom stereocenters. The van der Waals surface area contributed by atoms with Crippen molar-refractivity contribution < 1.29 is 0 Å². The zero-order valence-corrected chi connectivity index (χ0v) is 19.7. The zero-order valence-electron chi connectivity index (χ0n) is 19.7. The minimum atomic E-state index is -0.0454. The highest BCUT2D eigenvalue weighted by molar-refractivity contribution is 5.96. The number of aryl methyl sites for hydroxylation is 4. The fourth-order valence-electron chi connectivity index (χ4n) is 4.88. The van der Waals surface area contributed by atoms with E-state index in [1.807, 2.05) is 29.9 Å². The van der Waals surface area contributed by atoms with Crippen LogP contribution in [0.3, 0.4) is 0 Å². The number of fused-ring (bicyclic) bond motifs is 2. The number of aromatic nitrogens is 3. The third kappa shape index (κ3) is 3.59. The second-order valence-electron chi connectivity index (χ2n) is 8.96. The number of nitrogens with zero attached hydrogens (tertiary/aromatic N) is 3. The van der Waals surface area contributed by atoms with Crippen LogP contribution in [0.15, 0.2) is 65.6 Å². The summed E-state index contributed by atoms with van der Waals surface area (Å²) < 4.78 is 3.57. The van der Waals surface area contributed by atoms with Crippen LogP contribution in [0.1, 0.15) is 22.3 Å². The smallest absolute Gasteiger partial charge is 0.264 e. The Balaban J connectivity index is 1.56. The number of rotatable bonds is 4. The van der Waals surface area contributed by atoms with Crippen molar-refractivity contribution in [2.45, 2.75) is 27.3 Å². The van der Waals surface area contributed by atoms with Crippen molar-refractivity contribution in [1.82, 2.24) is 14.1 Å². The van der Waals surface area contributed by atoms with Gasteiger partial charge in [0, 0.05) is 32.4 Å². The van der Waals surface area contributed by atoms with Crippen LogP contribution < -0.4 is 10.9 Å². The number of hydrogen-bond donors (Lipinski definition) is 1. The SMILES string of the molecule is Cc1cc(C)c(-c2cn(C)c3nc(NCc4ccc5ccccc5c4)n(C)c(=O)c23)c(C)c1. The quantitative estimate of drug-likeness (QED) is 0.397. The van der Waals surface area contributed by atoms with Crippen molar-refractivity contribution in [3.63, 3.8) is 0 Å². The number of nitrogens with one attached hydrogen (secondary N) is 1. The Hall–Kier alpha value is -3.86. The van der Waals surface area contributed by atoms with Crippen LogP contribution in [0.4, 0.5) is 5.95 Å². The van der Waals surface area contributed by atoms with Gasteiger partial charge in [-0.3, -0.25) is 9.36 Å². The molecule has 3 aromatic carbocycles. The highest BCUT2D eigenvalue weighted by atomic mass is 16.1. The standard InChI is InChI=1S/C28H28N4O/c1-17-12-18(2)24(19(3)13-17)23-16-31(4)26-25(23)27(33)32(5)28(30-26)29-15-20-10-11-21-8-6-7-9-22(21)14-20/h6-14,16H,15H2,1-5H3,(H,29,30). The average Bonchev–Trinajstić information content (AvgIpc) is 3.10. The van der Waals surface area contributed by atoms with E-state index in [1.165, 1.54) is 27.5 Å². The molecule has 0 aliphatic heterocycles. The number of hydrogen-bond acceptors (Lipinski definition) is 3. The molecule has 0 atom stereocenters. The van der Waals surface area contributed by atoms with E-state index in [4.69, 9.17) is 4.98 Å². The van der Waals surface area contributed by atoms with Crippen LogP contribution in [-0.2, 0) is 20.6 Å². The molecule has 2 heterocycles. The van der Waals surface area contributed by atoms with Gasteiger partial charge < -0.3 is 9.88 Å². The normalized spacial score (nSPS) is 11.4. The summed E-state index contributed by atoms with van der Waals surface area (Å²) in [7, 11) is 3.73.